The first-order valence-corrected chi connectivity index (χ1v) is 11.1. The molecule has 5 nitrogen and oxygen atoms in total. The molecule has 6 heteroatoms. The molecule has 1 aliphatic heterocycles. The van der Waals surface area contributed by atoms with Crippen LogP contribution in [0, 0.1) is 13.8 Å². The number of nitrogens with zero attached hydrogens (tertiary/aromatic N) is 4. The van der Waals surface area contributed by atoms with Gasteiger partial charge in [0, 0.05) is 28.0 Å². The minimum absolute atomic E-state index is 0.193. The molecule has 1 aromatic carbocycles. The van der Waals surface area contributed by atoms with Crippen molar-refractivity contribution in [3.8, 4) is 0 Å². The van der Waals surface area contributed by atoms with Crippen LogP contribution in [0.5, 0.6) is 0 Å². The van der Waals surface area contributed by atoms with Gasteiger partial charge in [0.15, 0.2) is 6.17 Å². The molecule has 0 radical (unpaired) electrons. The van der Waals surface area contributed by atoms with Gasteiger partial charge in [0.25, 0.3) is 0 Å². The summed E-state index contributed by atoms with van der Waals surface area (Å²) in [5.74, 6) is 0. The van der Waals surface area contributed by atoms with E-state index in [4.69, 9.17) is 4.42 Å². The molecule has 0 amide bonds. The zero-order valence-corrected chi connectivity index (χ0v) is 19.1. The highest BCUT2D eigenvalue weighted by atomic mass is 32.1. The lowest BCUT2D eigenvalue weighted by Gasteiger charge is -2.40. The maximum atomic E-state index is 6.15. The highest BCUT2D eigenvalue weighted by Gasteiger charge is 2.42. The van der Waals surface area contributed by atoms with E-state index in [2.05, 4.69) is 102 Å². The Morgan fingerprint density at radius 3 is 2.67 bits per heavy atom. The molecule has 154 valence electrons. The zero-order valence-electron chi connectivity index (χ0n) is 18.3. The Labute approximate surface area is 180 Å². The van der Waals surface area contributed by atoms with E-state index in [1.165, 1.54) is 21.6 Å². The lowest BCUT2D eigenvalue weighted by Crippen LogP contribution is -2.48. The van der Waals surface area contributed by atoms with Gasteiger partial charge in [0.2, 0.25) is 5.71 Å². The van der Waals surface area contributed by atoms with Gasteiger partial charge in [0.05, 0.1) is 12.6 Å². The van der Waals surface area contributed by atoms with Crippen molar-refractivity contribution in [2.75, 3.05) is 4.90 Å². The summed E-state index contributed by atoms with van der Waals surface area (Å²) in [6.45, 7) is 11.0. The number of hydrogen-bond acceptors (Lipinski definition) is 5. The van der Waals surface area contributed by atoms with Crippen LogP contribution in [0.15, 0.2) is 52.7 Å². The molecule has 1 unspecified atom stereocenters. The molecule has 0 N–H and O–H groups in total. The third kappa shape index (κ3) is 2.67. The van der Waals surface area contributed by atoms with Crippen LogP contribution in [0.3, 0.4) is 0 Å². The molecule has 0 spiro atoms. The third-order valence-electron chi connectivity index (χ3n) is 6.28. The van der Waals surface area contributed by atoms with Crippen molar-refractivity contribution in [1.29, 1.82) is 0 Å². The standard InChI is InChI=1S/C24H27N4OS/c1-15-7-10-19-20(18-9-8-16(2)25-22(18)29-19)21(15)24(4,5)28-12-11-27(17(28)3)23-26(6)13-14-30-23/h7-14,17H,1-6H3/q+1. The van der Waals surface area contributed by atoms with Crippen molar-refractivity contribution in [1.82, 2.24) is 9.88 Å². The Bertz CT molecular complexity index is 1300. The van der Waals surface area contributed by atoms with E-state index in [1.807, 2.05) is 6.92 Å². The summed E-state index contributed by atoms with van der Waals surface area (Å²) < 4.78 is 8.32. The van der Waals surface area contributed by atoms with E-state index >= 15 is 0 Å². The molecule has 4 heterocycles. The van der Waals surface area contributed by atoms with E-state index in [-0.39, 0.29) is 11.7 Å². The molecular formula is C24H27N4OS+. The summed E-state index contributed by atoms with van der Waals surface area (Å²) in [6, 6.07) is 8.44. The lowest BCUT2D eigenvalue weighted by atomic mass is 9.85. The Kier molecular flexibility index (Phi) is 4.19. The van der Waals surface area contributed by atoms with Crippen LogP contribution in [0.2, 0.25) is 0 Å². The second-order valence-corrected chi connectivity index (χ2v) is 9.51. The number of pyridine rings is 1. The third-order valence-corrected chi connectivity index (χ3v) is 7.25. The minimum Gasteiger partial charge on any atom is -0.438 e. The van der Waals surface area contributed by atoms with Gasteiger partial charge in [-0.2, -0.15) is 0 Å². The Hall–Kier alpha value is -2.86. The normalized spacial score (nSPS) is 17.1. The second kappa shape index (κ2) is 6.57. The SMILES string of the molecule is Cc1ccc2c(n1)oc1ccc(C)c(C(C)(C)N3C=CN(c4scc[n+]4C)C3C)c12. The first kappa shape index (κ1) is 19.1. The number of rotatable bonds is 3. The number of anilines is 1. The fraction of sp³-hybridized carbons (Fsp3) is 0.333. The molecule has 5 rings (SSSR count). The predicted octanol–water partition coefficient (Wildman–Crippen LogP) is 5.36. The molecule has 0 aliphatic carbocycles. The smallest absolute Gasteiger partial charge is 0.342 e. The molecule has 3 aromatic heterocycles. The largest absolute Gasteiger partial charge is 0.438 e. The van der Waals surface area contributed by atoms with Gasteiger partial charge < -0.3 is 9.32 Å². The van der Waals surface area contributed by atoms with Gasteiger partial charge in [0.1, 0.15) is 18.0 Å². The van der Waals surface area contributed by atoms with Gasteiger partial charge in [-0.3, -0.25) is 0 Å². The van der Waals surface area contributed by atoms with E-state index < -0.39 is 0 Å². The molecule has 0 bridgehead atoms. The molecule has 4 aromatic rings. The number of thiazole rings is 1. The summed E-state index contributed by atoms with van der Waals surface area (Å²) in [6.07, 6.45) is 6.70. The summed E-state index contributed by atoms with van der Waals surface area (Å²) >= 11 is 1.76. The number of benzene rings is 1. The Balaban J connectivity index is 1.66. The topological polar surface area (TPSA) is 36.4 Å². The quantitative estimate of drug-likeness (QED) is 0.419. The van der Waals surface area contributed by atoms with Gasteiger partial charge >= 0.3 is 5.13 Å². The summed E-state index contributed by atoms with van der Waals surface area (Å²) in [5, 5.41) is 5.60. The lowest BCUT2D eigenvalue weighted by molar-refractivity contribution is -0.654. The fourth-order valence-corrected chi connectivity index (χ4v) is 5.77. The fourth-order valence-electron chi connectivity index (χ4n) is 4.84. The van der Waals surface area contributed by atoms with Crippen LogP contribution in [0.4, 0.5) is 5.13 Å². The van der Waals surface area contributed by atoms with Crippen LogP contribution in [0.25, 0.3) is 22.1 Å². The maximum Gasteiger partial charge on any atom is 0.342 e. The summed E-state index contributed by atoms with van der Waals surface area (Å²) in [5.41, 5.74) is 4.88. The summed E-state index contributed by atoms with van der Waals surface area (Å²) in [7, 11) is 2.09. The molecule has 0 saturated heterocycles. The minimum atomic E-state index is -0.244. The monoisotopic (exact) mass is 419 g/mol. The van der Waals surface area contributed by atoms with Crippen LogP contribution in [-0.2, 0) is 12.6 Å². The van der Waals surface area contributed by atoms with Crippen LogP contribution < -0.4 is 9.47 Å². The van der Waals surface area contributed by atoms with E-state index in [9.17, 15) is 0 Å². The van der Waals surface area contributed by atoms with Gasteiger partial charge in [-0.05, 0) is 63.9 Å². The van der Waals surface area contributed by atoms with Crippen molar-refractivity contribution in [3.63, 3.8) is 0 Å². The van der Waals surface area contributed by atoms with Crippen molar-refractivity contribution in [2.45, 2.75) is 46.3 Å². The molecule has 1 aliphatic rings. The van der Waals surface area contributed by atoms with E-state index in [0.29, 0.717) is 5.71 Å². The van der Waals surface area contributed by atoms with Crippen LogP contribution >= 0.6 is 11.3 Å². The predicted molar refractivity (Wildman–Crippen MR) is 122 cm³/mol. The van der Waals surface area contributed by atoms with Gasteiger partial charge in [-0.25, -0.2) is 14.5 Å². The highest BCUT2D eigenvalue weighted by Crippen LogP contribution is 2.43. The molecular weight excluding hydrogens is 392 g/mol. The molecule has 1 atom stereocenters. The number of furan rings is 1. The first-order chi connectivity index (χ1) is 14.3. The van der Waals surface area contributed by atoms with Crippen molar-refractivity contribution in [3.05, 3.63) is 65.1 Å². The van der Waals surface area contributed by atoms with Crippen LogP contribution in [0.1, 0.15) is 37.6 Å². The van der Waals surface area contributed by atoms with Crippen LogP contribution in [-0.4, -0.2) is 16.0 Å². The van der Waals surface area contributed by atoms with Gasteiger partial charge in [-0.15, -0.1) is 0 Å². The highest BCUT2D eigenvalue weighted by molar-refractivity contribution is 7.13. The second-order valence-electron chi connectivity index (χ2n) is 8.64. The molecule has 30 heavy (non-hydrogen) atoms. The van der Waals surface area contributed by atoms with E-state index in [0.717, 1.165) is 16.7 Å². The number of fused-ring (bicyclic) bond motifs is 3. The van der Waals surface area contributed by atoms with Crippen molar-refractivity contribution < 1.29 is 8.98 Å². The van der Waals surface area contributed by atoms with Crippen molar-refractivity contribution in [2.24, 2.45) is 7.05 Å². The number of hydrogen-bond donors (Lipinski definition) is 0. The van der Waals surface area contributed by atoms with Crippen molar-refractivity contribution >= 4 is 38.5 Å². The zero-order chi connectivity index (χ0) is 21.2. The average molecular weight is 420 g/mol. The van der Waals surface area contributed by atoms with Gasteiger partial charge in [-0.1, -0.05) is 17.4 Å². The van der Waals surface area contributed by atoms with E-state index in [1.54, 1.807) is 11.3 Å². The Morgan fingerprint density at radius 2 is 1.93 bits per heavy atom. The molecule has 0 saturated carbocycles. The molecule has 0 fully saturated rings. The summed E-state index contributed by atoms with van der Waals surface area (Å²) in [4.78, 5) is 9.40. The number of aryl methyl sites for hydroxylation is 3. The number of aromatic nitrogens is 2. The Morgan fingerprint density at radius 1 is 1.13 bits per heavy atom. The first-order valence-electron chi connectivity index (χ1n) is 10.3. The average Bonchev–Trinajstić information content (AvgIpc) is 3.37. The maximum absolute atomic E-state index is 6.15.